The smallest absolute Gasteiger partial charge is 0.166 e. The first-order valence-electron chi connectivity index (χ1n) is 6.29. The number of halogens is 3. The Morgan fingerprint density at radius 1 is 1.61 bits per heavy atom. The monoisotopic (exact) mass is 334 g/mol. The Hall–Kier alpha value is -0.350. The van der Waals surface area contributed by atoms with Gasteiger partial charge in [0, 0.05) is 28.6 Å². The summed E-state index contributed by atoms with van der Waals surface area (Å²) >= 11 is 9.31. The minimum atomic E-state index is -0.265. The quantitative estimate of drug-likeness (QED) is 0.763. The first kappa shape index (κ1) is 14.1. The minimum absolute atomic E-state index is 0.106. The van der Waals surface area contributed by atoms with E-state index in [1.807, 2.05) is 6.92 Å². The topological polar surface area (TPSA) is 16.1 Å². The van der Waals surface area contributed by atoms with Gasteiger partial charge in [-0.3, -0.25) is 0 Å². The minimum Gasteiger partial charge on any atom is -0.351 e. The molecule has 2 atom stereocenters. The number of hydrogen-bond acceptors (Lipinski definition) is 2. The van der Waals surface area contributed by atoms with E-state index in [2.05, 4.69) is 25.8 Å². The van der Waals surface area contributed by atoms with Gasteiger partial charge in [0.15, 0.2) is 11.6 Å². The molecule has 0 aromatic carbocycles. The normalized spacial score (nSPS) is 22.0. The van der Waals surface area contributed by atoms with E-state index in [4.69, 9.17) is 11.6 Å². The van der Waals surface area contributed by atoms with Crippen LogP contribution in [0, 0.1) is 5.82 Å². The summed E-state index contributed by atoms with van der Waals surface area (Å²) in [6, 6.07) is 1.77. The SMILES string of the molecule is CC(Cl)CC1CCCCN1c1ncc(Br)cc1F. The number of pyridine rings is 1. The van der Waals surface area contributed by atoms with E-state index in [0.29, 0.717) is 16.3 Å². The second-order valence-corrected chi connectivity index (χ2v) is 6.48. The zero-order chi connectivity index (χ0) is 13.1. The molecule has 1 aliphatic rings. The Balaban J connectivity index is 2.22. The van der Waals surface area contributed by atoms with E-state index >= 15 is 0 Å². The van der Waals surface area contributed by atoms with E-state index in [9.17, 15) is 4.39 Å². The molecule has 18 heavy (non-hydrogen) atoms. The summed E-state index contributed by atoms with van der Waals surface area (Å²) in [6.07, 6.45) is 5.86. The third kappa shape index (κ3) is 3.35. The molecular formula is C13H17BrClFN2. The molecule has 1 aromatic rings. The summed E-state index contributed by atoms with van der Waals surface area (Å²) in [6.45, 7) is 2.85. The lowest BCUT2D eigenvalue weighted by atomic mass is 9.98. The van der Waals surface area contributed by atoms with E-state index in [0.717, 1.165) is 25.8 Å². The summed E-state index contributed by atoms with van der Waals surface area (Å²) in [5.41, 5.74) is 0. The molecule has 2 rings (SSSR count). The highest BCUT2D eigenvalue weighted by Gasteiger charge is 2.26. The maximum absolute atomic E-state index is 14.0. The summed E-state index contributed by atoms with van der Waals surface area (Å²) in [5, 5.41) is 0.106. The van der Waals surface area contributed by atoms with Crippen LogP contribution in [0.4, 0.5) is 10.2 Å². The van der Waals surface area contributed by atoms with Gasteiger partial charge in [0.25, 0.3) is 0 Å². The molecule has 0 amide bonds. The lowest BCUT2D eigenvalue weighted by Gasteiger charge is -2.37. The van der Waals surface area contributed by atoms with Crippen molar-refractivity contribution >= 4 is 33.3 Å². The summed E-state index contributed by atoms with van der Waals surface area (Å²) in [7, 11) is 0. The van der Waals surface area contributed by atoms with Crippen molar-refractivity contribution in [2.24, 2.45) is 0 Å². The maximum Gasteiger partial charge on any atom is 0.166 e. The number of anilines is 1. The lowest BCUT2D eigenvalue weighted by molar-refractivity contribution is 0.427. The number of aromatic nitrogens is 1. The molecule has 1 fully saturated rings. The van der Waals surface area contributed by atoms with Crippen molar-refractivity contribution in [2.75, 3.05) is 11.4 Å². The highest BCUT2D eigenvalue weighted by atomic mass is 79.9. The summed E-state index contributed by atoms with van der Waals surface area (Å²) < 4.78 is 14.6. The van der Waals surface area contributed by atoms with Crippen molar-refractivity contribution < 1.29 is 4.39 Å². The molecule has 0 saturated carbocycles. The highest BCUT2D eigenvalue weighted by molar-refractivity contribution is 9.10. The van der Waals surface area contributed by atoms with Gasteiger partial charge in [-0.05, 0) is 54.6 Å². The number of nitrogens with zero attached hydrogens (tertiary/aromatic N) is 2. The molecule has 0 N–H and O–H groups in total. The van der Waals surface area contributed by atoms with Gasteiger partial charge in [-0.15, -0.1) is 11.6 Å². The van der Waals surface area contributed by atoms with Gasteiger partial charge in [0.1, 0.15) is 0 Å². The van der Waals surface area contributed by atoms with Crippen molar-refractivity contribution in [2.45, 2.75) is 44.0 Å². The fourth-order valence-electron chi connectivity index (χ4n) is 2.52. The van der Waals surface area contributed by atoms with Gasteiger partial charge in [-0.25, -0.2) is 9.37 Å². The Kier molecular flexibility index (Phi) is 4.84. The molecule has 100 valence electrons. The molecule has 0 spiro atoms. The van der Waals surface area contributed by atoms with Crippen LogP contribution in [0.5, 0.6) is 0 Å². The fourth-order valence-corrected chi connectivity index (χ4v) is 3.03. The third-order valence-corrected chi connectivity index (χ3v) is 3.90. The zero-order valence-electron chi connectivity index (χ0n) is 10.4. The Labute approximate surface area is 121 Å². The van der Waals surface area contributed by atoms with Crippen molar-refractivity contribution in [3.63, 3.8) is 0 Å². The summed E-state index contributed by atoms with van der Waals surface area (Å²) in [4.78, 5) is 6.29. The molecule has 0 bridgehead atoms. The van der Waals surface area contributed by atoms with Crippen molar-refractivity contribution in [3.8, 4) is 0 Å². The molecule has 1 aliphatic heterocycles. The molecule has 0 radical (unpaired) electrons. The van der Waals surface area contributed by atoms with Crippen LogP contribution in [0.3, 0.4) is 0 Å². The predicted octanol–water partition coefficient (Wildman–Crippen LogP) is 4.36. The molecule has 1 saturated heterocycles. The largest absolute Gasteiger partial charge is 0.351 e. The van der Waals surface area contributed by atoms with Crippen LogP contribution in [-0.2, 0) is 0 Å². The van der Waals surface area contributed by atoms with E-state index in [1.54, 1.807) is 6.20 Å². The van der Waals surface area contributed by atoms with Crippen LogP contribution in [0.15, 0.2) is 16.7 Å². The number of rotatable bonds is 3. The maximum atomic E-state index is 14.0. The van der Waals surface area contributed by atoms with Crippen LogP contribution in [0.25, 0.3) is 0 Å². The Bertz CT molecular complexity index is 414. The molecule has 2 nitrogen and oxygen atoms in total. The molecule has 2 heterocycles. The number of piperidine rings is 1. The molecule has 0 aliphatic carbocycles. The first-order chi connectivity index (χ1) is 8.58. The average molecular weight is 336 g/mol. The Morgan fingerprint density at radius 2 is 2.39 bits per heavy atom. The van der Waals surface area contributed by atoms with Crippen LogP contribution in [0.2, 0.25) is 0 Å². The number of alkyl halides is 1. The Morgan fingerprint density at radius 3 is 3.06 bits per heavy atom. The second-order valence-electron chi connectivity index (χ2n) is 4.82. The van der Waals surface area contributed by atoms with Crippen LogP contribution >= 0.6 is 27.5 Å². The van der Waals surface area contributed by atoms with Crippen LogP contribution < -0.4 is 4.90 Å². The number of hydrogen-bond donors (Lipinski definition) is 0. The lowest BCUT2D eigenvalue weighted by Crippen LogP contribution is -2.41. The van der Waals surface area contributed by atoms with Gasteiger partial charge in [-0.2, -0.15) is 0 Å². The van der Waals surface area contributed by atoms with Gasteiger partial charge >= 0.3 is 0 Å². The van der Waals surface area contributed by atoms with Gasteiger partial charge < -0.3 is 4.90 Å². The highest BCUT2D eigenvalue weighted by Crippen LogP contribution is 2.29. The molecular weight excluding hydrogens is 319 g/mol. The first-order valence-corrected chi connectivity index (χ1v) is 7.52. The zero-order valence-corrected chi connectivity index (χ0v) is 12.7. The standard InChI is InChI=1S/C13H17BrClFN2/c1-9(15)6-11-4-2-3-5-18(11)13-12(16)7-10(14)8-17-13/h7-9,11H,2-6H2,1H3. The van der Waals surface area contributed by atoms with Crippen molar-refractivity contribution in [1.29, 1.82) is 0 Å². The van der Waals surface area contributed by atoms with Crippen molar-refractivity contribution in [1.82, 2.24) is 4.98 Å². The second kappa shape index (κ2) is 6.20. The van der Waals surface area contributed by atoms with Gasteiger partial charge in [-0.1, -0.05) is 0 Å². The van der Waals surface area contributed by atoms with Crippen LogP contribution in [0.1, 0.15) is 32.6 Å². The van der Waals surface area contributed by atoms with E-state index < -0.39 is 0 Å². The van der Waals surface area contributed by atoms with Gasteiger partial charge in [0.2, 0.25) is 0 Å². The van der Waals surface area contributed by atoms with E-state index in [-0.39, 0.29) is 11.2 Å². The average Bonchev–Trinajstić information content (AvgIpc) is 2.30. The third-order valence-electron chi connectivity index (χ3n) is 3.28. The predicted molar refractivity (Wildman–Crippen MR) is 76.8 cm³/mol. The molecule has 1 aromatic heterocycles. The molecule has 5 heteroatoms. The van der Waals surface area contributed by atoms with E-state index in [1.165, 1.54) is 12.5 Å². The fraction of sp³-hybridized carbons (Fsp3) is 0.615. The van der Waals surface area contributed by atoms with Crippen molar-refractivity contribution in [3.05, 3.63) is 22.6 Å². The molecule has 2 unspecified atom stereocenters. The van der Waals surface area contributed by atoms with Crippen LogP contribution in [-0.4, -0.2) is 22.9 Å². The van der Waals surface area contributed by atoms with Gasteiger partial charge in [0.05, 0.1) is 0 Å². The summed E-state index contributed by atoms with van der Waals surface area (Å²) in [5.74, 6) is 0.193.